The Bertz CT molecular complexity index is 473. The molecule has 0 aromatic carbocycles. The fourth-order valence-electron chi connectivity index (χ4n) is 2.94. The quantitative estimate of drug-likeness (QED) is 0.770. The molecular weight excluding hydrogens is 294 g/mol. The van der Waals surface area contributed by atoms with Crippen LogP contribution in [0.3, 0.4) is 0 Å². The lowest BCUT2D eigenvalue weighted by atomic mass is 10.3. The van der Waals surface area contributed by atoms with E-state index in [1.165, 1.54) is 0 Å². The van der Waals surface area contributed by atoms with Crippen molar-refractivity contribution in [2.45, 2.75) is 6.92 Å². The second-order valence-electron chi connectivity index (χ2n) is 5.94. The molecule has 8 heteroatoms. The van der Waals surface area contributed by atoms with Crippen molar-refractivity contribution in [1.29, 1.82) is 0 Å². The van der Waals surface area contributed by atoms with Crippen molar-refractivity contribution in [2.24, 2.45) is 0 Å². The summed E-state index contributed by atoms with van der Waals surface area (Å²) in [5, 5.41) is 11.6. The van der Waals surface area contributed by atoms with Crippen molar-refractivity contribution in [1.82, 2.24) is 25.0 Å². The Labute approximate surface area is 137 Å². The zero-order chi connectivity index (χ0) is 15.9. The Morgan fingerprint density at radius 3 is 2.61 bits per heavy atom. The summed E-state index contributed by atoms with van der Waals surface area (Å²) in [6.07, 6.45) is 1.70. The number of hydrogen-bond acceptors (Lipinski definition) is 8. The number of likely N-dealkylation sites (N-methyl/N-ethyl adjacent to an activating group) is 1. The number of anilines is 2. The first kappa shape index (κ1) is 16.4. The molecule has 2 aliphatic rings. The minimum atomic E-state index is 0.733. The third-order valence-corrected chi connectivity index (χ3v) is 4.49. The lowest BCUT2D eigenvalue weighted by Gasteiger charge is -2.33. The molecule has 0 bridgehead atoms. The third-order valence-electron chi connectivity index (χ3n) is 4.49. The SMILES string of the molecule is CCN1CCN(c2nncc(NCCN3CCOCC3)n2)CC1. The minimum absolute atomic E-state index is 0.733. The zero-order valence-corrected chi connectivity index (χ0v) is 13.9. The van der Waals surface area contributed by atoms with Crippen molar-refractivity contribution >= 4 is 11.8 Å². The van der Waals surface area contributed by atoms with Crippen LogP contribution in [0.25, 0.3) is 0 Å². The molecule has 0 radical (unpaired) electrons. The van der Waals surface area contributed by atoms with Gasteiger partial charge in [-0.15, -0.1) is 5.10 Å². The van der Waals surface area contributed by atoms with Crippen molar-refractivity contribution in [3.8, 4) is 0 Å². The largest absolute Gasteiger partial charge is 0.379 e. The van der Waals surface area contributed by atoms with Gasteiger partial charge in [0.25, 0.3) is 0 Å². The van der Waals surface area contributed by atoms with E-state index in [1.807, 2.05) is 0 Å². The summed E-state index contributed by atoms with van der Waals surface area (Å²) in [5.74, 6) is 1.54. The monoisotopic (exact) mass is 321 g/mol. The highest BCUT2D eigenvalue weighted by Gasteiger charge is 2.18. The van der Waals surface area contributed by atoms with E-state index >= 15 is 0 Å². The van der Waals surface area contributed by atoms with Gasteiger partial charge in [-0.1, -0.05) is 6.92 Å². The number of nitrogens with one attached hydrogen (secondary N) is 1. The van der Waals surface area contributed by atoms with Gasteiger partial charge in [-0.05, 0) is 6.54 Å². The molecule has 3 heterocycles. The Morgan fingerprint density at radius 1 is 1.09 bits per heavy atom. The lowest BCUT2D eigenvalue weighted by molar-refractivity contribution is 0.0398. The van der Waals surface area contributed by atoms with Gasteiger partial charge in [-0.25, -0.2) is 0 Å². The van der Waals surface area contributed by atoms with Gasteiger partial charge in [-0.3, -0.25) is 4.90 Å². The van der Waals surface area contributed by atoms with Crippen LogP contribution in [0.1, 0.15) is 6.92 Å². The molecule has 8 nitrogen and oxygen atoms in total. The number of morpholine rings is 1. The minimum Gasteiger partial charge on any atom is -0.379 e. The number of nitrogens with zero attached hydrogens (tertiary/aromatic N) is 6. The third kappa shape index (κ3) is 4.73. The van der Waals surface area contributed by atoms with Crippen molar-refractivity contribution in [2.75, 3.05) is 82.3 Å². The van der Waals surface area contributed by atoms with E-state index in [9.17, 15) is 0 Å². The molecule has 0 spiro atoms. The summed E-state index contributed by atoms with van der Waals surface area (Å²) in [4.78, 5) is 11.7. The molecule has 0 unspecified atom stereocenters. The molecule has 1 aromatic rings. The first-order valence-corrected chi connectivity index (χ1v) is 8.56. The second-order valence-corrected chi connectivity index (χ2v) is 5.94. The normalized spacial score (nSPS) is 20.7. The van der Waals surface area contributed by atoms with E-state index in [2.05, 4.69) is 42.1 Å². The summed E-state index contributed by atoms with van der Waals surface area (Å²) in [6.45, 7) is 12.9. The molecule has 2 saturated heterocycles. The van der Waals surface area contributed by atoms with Crippen LogP contribution in [-0.4, -0.2) is 97.1 Å². The fraction of sp³-hybridized carbons (Fsp3) is 0.800. The number of aromatic nitrogens is 3. The second kappa shape index (κ2) is 8.37. The van der Waals surface area contributed by atoms with Crippen molar-refractivity contribution in [3.63, 3.8) is 0 Å². The van der Waals surface area contributed by atoms with E-state index in [0.29, 0.717) is 0 Å². The molecule has 23 heavy (non-hydrogen) atoms. The van der Waals surface area contributed by atoms with Gasteiger partial charge in [0.15, 0.2) is 5.82 Å². The first-order valence-electron chi connectivity index (χ1n) is 8.56. The average molecular weight is 321 g/mol. The van der Waals surface area contributed by atoms with Gasteiger partial charge in [0.2, 0.25) is 5.95 Å². The highest BCUT2D eigenvalue weighted by Crippen LogP contribution is 2.12. The number of rotatable bonds is 6. The van der Waals surface area contributed by atoms with Crippen LogP contribution in [-0.2, 0) is 4.74 Å². The van der Waals surface area contributed by atoms with E-state index in [1.54, 1.807) is 6.20 Å². The maximum absolute atomic E-state index is 5.36. The van der Waals surface area contributed by atoms with Gasteiger partial charge in [0.05, 0.1) is 19.4 Å². The standard InChI is InChI=1S/C15H27N7O/c1-2-20-5-7-22(8-6-20)15-18-14(13-17-19-15)16-3-4-21-9-11-23-12-10-21/h13H,2-12H2,1H3,(H,16,18,19). The lowest BCUT2D eigenvalue weighted by Crippen LogP contribution is -2.46. The van der Waals surface area contributed by atoms with E-state index in [-0.39, 0.29) is 0 Å². The van der Waals surface area contributed by atoms with Crippen LogP contribution in [0.5, 0.6) is 0 Å². The first-order chi connectivity index (χ1) is 11.3. The smallest absolute Gasteiger partial charge is 0.247 e. The number of hydrogen-bond donors (Lipinski definition) is 1. The van der Waals surface area contributed by atoms with Crippen LogP contribution >= 0.6 is 0 Å². The van der Waals surface area contributed by atoms with Crippen LogP contribution < -0.4 is 10.2 Å². The average Bonchev–Trinajstić information content (AvgIpc) is 2.63. The Kier molecular flexibility index (Phi) is 5.95. The molecular formula is C15H27N7O. The van der Waals surface area contributed by atoms with Gasteiger partial charge in [0, 0.05) is 52.4 Å². The molecule has 0 atom stereocenters. The molecule has 2 fully saturated rings. The van der Waals surface area contributed by atoms with Crippen molar-refractivity contribution in [3.05, 3.63) is 6.20 Å². The summed E-state index contributed by atoms with van der Waals surface area (Å²) in [7, 11) is 0. The molecule has 0 amide bonds. The van der Waals surface area contributed by atoms with E-state index in [4.69, 9.17) is 4.74 Å². The Hall–Kier alpha value is -1.51. The summed E-state index contributed by atoms with van der Waals surface area (Å²) in [5.41, 5.74) is 0. The molecule has 1 aromatic heterocycles. The Morgan fingerprint density at radius 2 is 1.87 bits per heavy atom. The predicted octanol–water partition coefficient (Wildman–Crippen LogP) is -0.242. The molecule has 3 rings (SSSR count). The zero-order valence-electron chi connectivity index (χ0n) is 13.9. The van der Waals surface area contributed by atoms with Gasteiger partial charge in [-0.2, -0.15) is 10.1 Å². The molecule has 128 valence electrons. The molecule has 0 aliphatic carbocycles. The fourth-order valence-corrected chi connectivity index (χ4v) is 2.94. The van der Waals surface area contributed by atoms with Gasteiger partial charge < -0.3 is 19.9 Å². The van der Waals surface area contributed by atoms with Crippen LogP contribution in [0.2, 0.25) is 0 Å². The van der Waals surface area contributed by atoms with Crippen LogP contribution in [0, 0.1) is 0 Å². The van der Waals surface area contributed by atoms with Gasteiger partial charge in [0.1, 0.15) is 0 Å². The number of piperazine rings is 1. The highest BCUT2D eigenvalue weighted by molar-refractivity contribution is 5.39. The van der Waals surface area contributed by atoms with Crippen LogP contribution in [0.4, 0.5) is 11.8 Å². The number of ether oxygens (including phenoxy) is 1. The summed E-state index contributed by atoms with van der Waals surface area (Å²) < 4.78 is 5.36. The maximum Gasteiger partial charge on any atom is 0.247 e. The molecule has 2 aliphatic heterocycles. The van der Waals surface area contributed by atoms with Crippen molar-refractivity contribution < 1.29 is 4.74 Å². The predicted molar refractivity (Wildman–Crippen MR) is 89.9 cm³/mol. The summed E-state index contributed by atoms with van der Waals surface area (Å²) in [6, 6.07) is 0. The molecule has 0 saturated carbocycles. The Balaban J connectivity index is 1.47. The summed E-state index contributed by atoms with van der Waals surface area (Å²) >= 11 is 0. The van der Waals surface area contributed by atoms with E-state index < -0.39 is 0 Å². The van der Waals surface area contributed by atoms with Crippen LogP contribution in [0.15, 0.2) is 6.20 Å². The topological polar surface area (TPSA) is 69.7 Å². The van der Waals surface area contributed by atoms with Gasteiger partial charge >= 0.3 is 0 Å². The maximum atomic E-state index is 5.36. The molecule has 1 N–H and O–H groups in total. The van der Waals surface area contributed by atoms with E-state index in [0.717, 1.165) is 83.9 Å². The highest BCUT2D eigenvalue weighted by atomic mass is 16.5.